The zero-order chi connectivity index (χ0) is 33.2. The average molecular weight is 637 g/mol. The third-order valence-corrected chi connectivity index (χ3v) is 9.11. The second-order valence-electron chi connectivity index (χ2n) is 14.7. The van der Waals surface area contributed by atoms with Gasteiger partial charge in [0.25, 0.3) is 0 Å². The number of nitrogens with zero attached hydrogens (tertiary/aromatic N) is 2. The van der Waals surface area contributed by atoms with Crippen LogP contribution in [0.15, 0.2) is 48.5 Å². The summed E-state index contributed by atoms with van der Waals surface area (Å²) in [7, 11) is 3.44. The van der Waals surface area contributed by atoms with Gasteiger partial charge in [-0.1, -0.05) is 36.4 Å². The van der Waals surface area contributed by atoms with Crippen LogP contribution < -0.4 is 10.6 Å². The van der Waals surface area contributed by atoms with Crippen LogP contribution in [0.3, 0.4) is 0 Å². The van der Waals surface area contributed by atoms with Crippen molar-refractivity contribution in [3.63, 3.8) is 0 Å². The summed E-state index contributed by atoms with van der Waals surface area (Å²) in [6.07, 6.45) is 1.47. The number of fused-ring (bicyclic) bond motifs is 6. The molecule has 6 rings (SSSR count). The molecule has 0 bridgehead atoms. The Bertz CT molecular complexity index is 1270. The van der Waals surface area contributed by atoms with Crippen LogP contribution in [0.25, 0.3) is 0 Å². The molecule has 0 aliphatic carbocycles. The normalized spacial score (nSPS) is 26.3. The number of likely N-dealkylation sites (tertiary alicyclic amines) is 2. The van der Waals surface area contributed by atoms with Crippen molar-refractivity contribution in [3.05, 3.63) is 59.7 Å². The Morgan fingerprint density at radius 1 is 0.674 bits per heavy atom. The minimum Gasteiger partial charge on any atom is -0.444 e. The smallest absolute Gasteiger partial charge is 0.410 e. The predicted octanol–water partition coefficient (Wildman–Crippen LogP) is 6.85. The van der Waals surface area contributed by atoms with Crippen molar-refractivity contribution in [1.82, 2.24) is 9.80 Å². The molecule has 46 heavy (non-hydrogen) atoms. The van der Waals surface area contributed by atoms with Gasteiger partial charge in [0.1, 0.15) is 11.2 Å². The molecule has 2 aromatic rings. The summed E-state index contributed by atoms with van der Waals surface area (Å²) < 4.78 is 22.0. The van der Waals surface area contributed by atoms with E-state index in [-0.39, 0.29) is 36.4 Å². The number of ether oxygens (including phenoxy) is 4. The molecular formula is C36H52N4O6. The maximum atomic E-state index is 12.6. The molecule has 10 heteroatoms. The Morgan fingerprint density at radius 3 is 1.39 bits per heavy atom. The number of hydrogen-bond donors (Lipinski definition) is 2. The van der Waals surface area contributed by atoms with E-state index in [4.69, 9.17) is 18.9 Å². The molecule has 6 atom stereocenters. The molecule has 0 aromatic heterocycles. The van der Waals surface area contributed by atoms with E-state index in [0.29, 0.717) is 25.0 Å². The van der Waals surface area contributed by atoms with E-state index < -0.39 is 11.2 Å². The summed E-state index contributed by atoms with van der Waals surface area (Å²) in [5, 5.41) is 7.15. The topological polar surface area (TPSA) is 102 Å². The highest BCUT2D eigenvalue weighted by Gasteiger charge is 2.48. The van der Waals surface area contributed by atoms with Gasteiger partial charge in [0.15, 0.2) is 0 Å². The van der Waals surface area contributed by atoms with Crippen LogP contribution in [-0.2, 0) is 18.9 Å². The number of carbonyl (C=O) groups is 2. The van der Waals surface area contributed by atoms with Gasteiger partial charge in [-0.15, -0.1) is 0 Å². The summed E-state index contributed by atoms with van der Waals surface area (Å²) in [5.74, 6) is 0.690. The van der Waals surface area contributed by atoms with Crippen LogP contribution in [0.5, 0.6) is 0 Å². The number of rotatable bonds is 4. The van der Waals surface area contributed by atoms with Crippen LogP contribution in [0.2, 0.25) is 0 Å². The van der Waals surface area contributed by atoms with Crippen LogP contribution >= 0.6 is 0 Å². The minimum atomic E-state index is -0.479. The summed E-state index contributed by atoms with van der Waals surface area (Å²) >= 11 is 0. The summed E-state index contributed by atoms with van der Waals surface area (Å²) in [6, 6.07) is 17.0. The maximum Gasteiger partial charge on any atom is 0.410 e. The zero-order valence-electron chi connectivity index (χ0n) is 28.7. The Kier molecular flexibility index (Phi) is 10.1. The van der Waals surface area contributed by atoms with Crippen molar-refractivity contribution >= 4 is 23.6 Å². The van der Waals surface area contributed by atoms with Crippen molar-refractivity contribution < 1.29 is 28.5 Å². The fraction of sp³-hybridized carbons (Fsp3) is 0.611. The van der Waals surface area contributed by atoms with Gasteiger partial charge in [-0.2, -0.15) is 0 Å². The number of benzene rings is 2. The maximum absolute atomic E-state index is 12.6. The fourth-order valence-electron chi connectivity index (χ4n) is 7.40. The predicted molar refractivity (Wildman–Crippen MR) is 179 cm³/mol. The average Bonchev–Trinajstić information content (AvgIpc) is 3.63. The molecule has 4 heterocycles. The highest BCUT2D eigenvalue weighted by atomic mass is 16.6. The number of anilines is 2. The van der Waals surface area contributed by atoms with E-state index in [1.54, 1.807) is 14.2 Å². The van der Waals surface area contributed by atoms with Gasteiger partial charge in [0, 0.05) is 50.5 Å². The molecule has 0 saturated carbocycles. The lowest BCUT2D eigenvalue weighted by Crippen LogP contribution is -2.44. The molecule has 2 saturated heterocycles. The van der Waals surface area contributed by atoms with Gasteiger partial charge in [0.05, 0.1) is 37.4 Å². The molecule has 2 N–H and O–H groups in total. The summed E-state index contributed by atoms with van der Waals surface area (Å²) in [6.45, 7) is 14.2. The van der Waals surface area contributed by atoms with E-state index in [1.807, 2.05) is 75.6 Å². The number of methoxy groups -OCH3 is 2. The van der Waals surface area contributed by atoms with Crippen molar-refractivity contribution in [2.75, 3.05) is 51.2 Å². The van der Waals surface area contributed by atoms with E-state index in [9.17, 15) is 9.59 Å². The summed E-state index contributed by atoms with van der Waals surface area (Å²) in [5.41, 5.74) is 3.57. The third kappa shape index (κ3) is 7.39. The van der Waals surface area contributed by atoms with Gasteiger partial charge in [-0.05, 0) is 77.6 Å². The minimum absolute atomic E-state index is 0.0578. The Morgan fingerprint density at radius 2 is 1.04 bits per heavy atom. The van der Waals surface area contributed by atoms with Gasteiger partial charge in [0.2, 0.25) is 0 Å². The number of para-hydroxylation sites is 2. The molecule has 10 nitrogen and oxygen atoms in total. The standard InChI is InChI=1S/2C18H26N2O3/c2*1-18(2,3)23-17(21)20-10-9-13-15(11-22-4)19-14-8-6-5-7-12(14)16(13)20/h2*5-8,13,15-16,19H,9-11H2,1-4H3/t2*13-,15+,16+/m10/s1. The first-order valence-electron chi connectivity index (χ1n) is 16.5. The second-order valence-corrected chi connectivity index (χ2v) is 14.7. The molecule has 2 fully saturated rings. The van der Waals surface area contributed by atoms with Gasteiger partial charge < -0.3 is 39.4 Å². The van der Waals surface area contributed by atoms with E-state index in [1.165, 1.54) is 11.1 Å². The Balaban J connectivity index is 0.000000181. The Labute approximate surface area is 274 Å². The molecule has 2 aromatic carbocycles. The van der Waals surface area contributed by atoms with E-state index >= 15 is 0 Å². The monoisotopic (exact) mass is 636 g/mol. The first-order valence-corrected chi connectivity index (χ1v) is 16.5. The molecular weight excluding hydrogens is 584 g/mol. The van der Waals surface area contributed by atoms with Gasteiger partial charge in [-0.25, -0.2) is 9.59 Å². The van der Waals surface area contributed by atoms with Crippen LogP contribution in [-0.4, -0.2) is 85.8 Å². The van der Waals surface area contributed by atoms with E-state index in [0.717, 1.165) is 37.3 Å². The van der Waals surface area contributed by atoms with Crippen molar-refractivity contribution in [3.8, 4) is 0 Å². The zero-order valence-corrected chi connectivity index (χ0v) is 28.7. The highest BCUT2D eigenvalue weighted by molar-refractivity contribution is 5.72. The first kappa shape index (κ1) is 33.9. The number of hydrogen-bond acceptors (Lipinski definition) is 8. The van der Waals surface area contributed by atoms with Crippen molar-refractivity contribution in [2.24, 2.45) is 11.8 Å². The largest absolute Gasteiger partial charge is 0.444 e. The van der Waals surface area contributed by atoms with Gasteiger partial charge in [-0.3, -0.25) is 0 Å². The first-order chi connectivity index (χ1) is 21.8. The molecule has 0 unspecified atom stereocenters. The van der Waals surface area contributed by atoms with Crippen LogP contribution in [0.1, 0.15) is 77.6 Å². The quantitative estimate of drug-likeness (QED) is 0.376. The highest BCUT2D eigenvalue weighted by Crippen LogP contribution is 2.48. The van der Waals surface area contributed by atoms with Crippen LogP contribution in [0.4, 0.5) is 21.0 Å². The van der Waals surface area contributed by atoms with Crippen LogP contribution in [0, 0.1) is 11.8 Å². The number of nitrogens with one attached hydrogen (secondary N) is 2. The second kappa shape index (κ2) is 13.7. The fourth-order valence-corrected chi connectivity index (χ4v) is 7.40. The van der Waals surface area contributed by atoms with Crippen molar-refractivity contribution in [2.45, 2.75) is 89.8 Å². The molecule has 4 aliphatic heterocycles. The molecule has 0 radical (unpaired) electrons. The molecule has 4 aliphatic rings. The lowest BCUT2D eigenvalue weighted by molar-refractivity contribution is 0.0179. The lowest BCUT2D eigenvalue weighted by Gasteiger charge is -2.39. The van der Waals surface area contributed by atoms with Gasteiger partial charge >= 0.3 is 12.2 Å². The third-order valence-electron chi connectivity index (χ3n) is 9.11. The number of amides is 2. The Hall–Kier alpha value is -3.50. The van der Waals surface area contributed by atoms with E-state index in [2.05, 4.69) is 34.9 Å². The molecule has 0 spiro atoms. The SMILES string of the molecule is COC[C@@H]1Nc2ccccc2[C@H]2[C@@H]1CCN2C(=O)OC(C)(C)C.COC[C@H]1Nc2ccccc2[C@@H]2[C@H]1CCN2C(=O)OC(C)(C)C. The molecule has 2 amide bonds. The number of carbonyl (C=O) groups excluding carboxylic acids is 2. The summed E-state index contributed by atoms with van der Waals surface area (Å²) in [4.78, 5) is 29.1. The molecule has 252 valence electrons. The lowest BCUT2D eigenvalue weighted by atomic mass is 9.83. The van der Waals surface area contributed by atoms with Crippen molar-refractivity contribution in [1.29, 1.82) is 0 Å².